The number of carbonyl (C=O) groups is 1. The third kappa shape index (κ3) is 3.63. The van der Waals surface area contributed by atoms with Gasteiger partial charge < -0.3 is 4.74 Å². The van der Waals surface area contributed by atoms with Gasteiger partial charge >= 0.3 is 12.1 Å². The van der Waals surface area contributed by atoms with Crippen molar-refractivity contribution in [1.29, 1.82) is 0 Å². The molecule has 2 fully saturated rings. The number of methoxy groups -OCH3 is 1. The van der Waals surface area contributed by atoms with E-state index in [4.69, 9.17) is 4.74 Å². The molecule has 4 nitrogen and oxygen atoms in total. The van der Waals surface area contributed by atoms with Crippen molar-refractivity contribution in [2.45, 2.75) is 55.9 Å². The topological polar surface area (TPSA) is 41.6 Å². The molecule has 0 aromatic rings. The molecule has 20 heavy (non-hydrogen) atoms. The van der Waals surface area contributed by atoms with E-state index < -0.39 is 18.3 Å². The van der Waals surface area contributed by atoms with E-state index in [1.54, 1.807) is 0 Å². The molecule has 0 spiro atoms. The summed E-state index contributed by atoms with van der Waals surface area (Å²) in [7, 11) is 2.79. The molecule has 2 aliphatic rings. The lowest BCUT2D eigenvalue weighted by molar-refractivity contribution is -0.150. The second-order valence-corrected chi connectivity index (χ2v) is 5.92. The van der Waals surface area contributed by atoms with Gasteiger partial charge in [-0.1, -0.05) is 0 Å². The molecular formula is C13H21F3N2O2. The largest absolute Gasteiger partial charge is 0.468 e. The minimum absolute atomic E-state index is 0.248. The number of halogens is 3. The van der Waals surface area contributed by atoms with E-state index in [0.717, 1.165) is 12.8 Å². The van der Waals surface area contributed by atoms with E-state index >= 15 is 0 Å². The van der Waals surface area contributed by atoms with E-state index in [-0.39, 0.29) is 12.0 Å². The Balaban J connectivity index is 2.01. The molecule has 0 radical (unpaired) electrons. The molecule has 2 aliphatic carbocycles. The number of nitrogens with one attached hydrogen (secondary N) is 1. The van der Waals surface area contributed by atoms with Crippen molar-refractivity contribution in [3.63, 3.8) is 0 Å². The quantitative estimate of drug-likeness (QED) is 0.784. The number of esters is 1. The molecule has 2 atom stereocenters. The van der Waals surface area contributed by atoms with Crippen LogP contribution < -0.4 is 5.32 Å². The maximum atomic E-state index is 12.4. The van der Waals surface area contributed by atoms with E-state index in [0.29, 0.717) is 25.3 Å². The Bertz CT molecular complexity index is 371. The number of carbonyl (C=O) groups excluding carboxylic acids is 1. The smallest absolute Gasteiger partial charge is 0.401 e. The van der Waals surface area contributed by atoms with Gasteiger partial charge in [-0.05, 0) is 39.2 Å². The van der Waals surface area contributed by atoms with Crippen LogP contribution in [0.4, 0.5) is 13.2 Å². The third-order valence-electron chi connectivity index (χ3n) is 4.17. The number of hydrogen-bond acceptors (Lipinski definition) is 4. The molecule has 116 valence electrons. The van der Waals surface area contributed by atoms with Gasteiger partial charge in [-0.15, -0.1) is 0 Å². The first-order chi connectivity index (χ1) is 9.26. The second-order valence-electron chi connectivity index (χ2n) is 5.92. The zero-order valence-electron chi connectivity index (χ0n) is 11.8. The van der Waals surface area contributed by atoms with Crippen LogP contribution >= 0.6 is 0 Å². The van der Waals surface area contributed by atoms with Gasteiger partial charge in [-0.2, -0.15) is 13.2 Å². The van der Waals surface area contributed by atoms with Gasteiger partial charge in [0, 0.05) is 12.1 Å². The SMILES string of the molecule is COC(=O)C1(NC2CC2)CCC(N(C)CC(F)(F)F)C1. The van der Waals surface area contributed by atoms with Crippen molar-refractivity contribution in [2.24, 2.45) is 0 Å². The predicted octanol–water partition coefficient (Wildman–Crippen LogP) is 1.70. The van der Waals surface area contributed by atoms with Crippen LogP contribution in [0.3, 0.4) is 0 Å². The highest BCUT2D eigenvalue weighted by atomic mass is 19.4. The molecule has 0 aromatic heterocycles. The third-order valence-corrected chi connectivity index (χ3v) is 4.17. The molecule has 2 rings (SSSR count). The summed E-state index contributed by atoms with van der Waals surface area (Å²) in [4.78, 5) is 13.3. The van der Waals surface area contributed by atoms with Crippen LogP contribution in [0.15, 0.2) is 0 Å². The van der Waals surface area contributed by atoms with Crippen molar-refractivity contribution in [2.75, 3.05) is 20.7 Å². The molecule has 0 aliphatic heterocycles. The highest BCUT2D eigenvalue weighted by molar-refractivity contribution is 5.81. The Morgan fingerprint density at radius 1 is 1.40 bits per heavy atom. The molecule has 0 heterocycles. The maximum absolute atomic E-state index is 12.4. The Labute approximate surface area is 116 Å². The molecule has 1 N–H and O–H groups in total. The Morgan fingerprint density at radius 3 is 2.55 bits per heavy atom. The van der Waals surface area contributed by atoms with E-state index in [9.17, 15) is 18.0 Å². The fourth-order valence-electron chi connectivity index (χ4n) is 3.00. The molecule has 0 bridgehead atoms. The van der Waals surface area contributed by atoms with Crippen LogP contribution in [-0.2, 0) is 9.53 Å². The van der Waals surface area contributed by atoms with Crippen molar-refractivity contribution >= 4 is 5.97 Å². The van der Waals surface area contributed by atoms with Gasteiger partial charge in [-0.25, -0.2) is 0 Å². The zero-order chi connectivity index (χ0) is 15.0. The Morgan fingerprint density at radius 2 is 2.05 bits per heavy atom. The maximum Gasteiger partial charge on any atom is 0.401 e. The fraction of sp³-hybridized carbons (Fsp3) is 0.923. The van der Waals surface area contributed by atoms with Gasteiger partial charge in [-0.3, -0.25) is 15.0 Å². The van der Waals surface area contributed by atoms with Gasteiger partial charge in [0.1, 0.15) is 5.54 Å². The number of rotatable bonds is 5. The van der Waals surface area contributed by atoms with Gasteiger partial charge in [0.15, 0.2) is 0 Å². The summed E-state index contributed by atoms with van der Waals surface area (Å²) in [5, 5.41) is 3.28. The van der Waals surface area contributed by atoms with Crippen LogP contribution in [-0.4, -0.2) is 55.4 Å². The summed E-state index contributed by atoms with van der Waals surface area (Å²) >= 11 is 0. The lowest BCUT2D eigenvalue weighted by atomic mass is 9.97. The van der Waals surface area contributed by atoms with Crippen molar-refractivity contribution in [1.82, 2.24) is 10.2 Å². The van der Waals surface area contributed by atoms with Crippen LogP contribution in [0.2, 0.25) is 0 Å². The first kappa shape index (κ1) is 15.6. The van der Waals surface area contributed by atoms with Crippen molar-refractivity contribution < 1.29 is 22.7 Å². The van der Waals surface area contributed by atoms with Crippen LogP contribution in [0, 0.1) is 0 Å². The average Bonchev–Trinajstić information content (AvgIpc) is 3.03. The minimum atomic E-state index is -4.21. The van der Waals surface area contributed by atoms with Crippen LogP contribution in [0.5, 0.6) is 0 Å². The van der Waals surface area contributed by atoms with Crippen LogP contribution in [0.25, 0.3) is 0 Å². The van der Waals surface area contributed by atoms with E-state index in [1.807, 2.05) is 0 Å². The zero-order valence-corrected chi connectivity index (χ0v) is 11.8. The lowest BCUT2D eigenvalue weighted by Gasteiger charge is -2.30. The van der Waals surface area contributed by atoms with Crippen molar-refractivity contribution in [3.05, 3.63) is 0 Å². The Hall–Kier alpha value is -0.820. The number of nitrogens with zero attached hydrogens (tertiary/aromatic N) is 1. The normalized spacial score (nSPS) is 30.8. The minimum Gasteiger partial charge on any atom is -0.468 e. The molecule has 2 unspecified atom stereocenters. The van der Waals surface area contributed by atoms with E-state index in [2.05, 4.69) is 5.32 Å². The highest BCUT2D eigenvalue weighted by Gasteiger charge is 2.50. The molecule has 0 aromatic carbocycles. The summed E-state index contributed by atoms with van der Waals surface area (Å²) in [5.41, 5.74) is -0.805. The molecule has 0 amide bonds. The number of hydrogen-bond donors (Lipinski definition) is 1. The number of ether oxygens (including phenoxy) is 1. The highest BCUT2D eigenvalue weighted by Crippen LogP contribution is 2.37. The predicted molar refractivity (Wildman–Crippen MR) is 67.2 cm³/mol. The summed E-state index contributed by atoms with van der Waals surface area (Å²) in [5.74, 6) is -0.354. The summed E-state index contributed by atoms with van der Waals surface area (Å²) in [6.07, 6.45) is -0.702. The number of alkyl halides is 3. The molecule has 2 saturated carbocycles. The summed E-state index contributed by atoms with van der Waals surface area (Å²) < 4.78 is 42.2. The van der Waals surface area contributed by atoms with Gasteiger partial charge in [0.05, 0.1) is 13.7 Å². The van der Waals surface area contributed by atoms with E-state index in [1.165, 1.54) is 19.1 Å². The monoisotopic (exact) mass is 294 g/mol. The van der Waals surface area contributed by atoms with Gasteiger partial charge in [0.2, 0.25) is 0 Å². The van der Waals surface area contributed by atoms with Crippen LogP contribution in [0.1, 0.15) is 32.1 Å². The summed E-state index contributed by atoms with van der Waals surface area (Å²) in [6, 6.07) is 0.0581. The molecule has 7 heteroatoms. The summed E-state index contributed by atoms with van der Waals surface area (Å²) in [6.45, 7) is -0.946. The first-order valence-electron chi connectivity index (χ1n) is 6.89. The first-order valence-corrected chi connectivity index (χ1v) is 6.89. The lowest BCUT2D eigenvalue weighted by Crippen LogP contribution is -2.53. The fourth-order valence-corrected chi connectivity index (χ4v) is 3.00. The average molecular weight is 294 g/mol. The van der Waals surface area contributed by atoms with Gasteiger partial charge in [0.25, 0.3) is 0 Å². The standard InChI is InChI=1S/C13H21F3N2O2/c1-18(8-13(14,15)16)10-5-6-12(7-10,11(19)20-2)17-9-3-4-9/h9-10,17H,3-8H2,1-2H3. The molecule has 0 saturated heterocycles. The molecular weight excluding hydrogens is 273 g/mol. The van der Waals surface area contributed by atoms with Crippen molar-refractivity contribution in [3.8, 4) is 0 Å². The second kappa shape index (κ2) is 5.52. The Kier molecular flexibility index (Phi) is 4.30.